The molecule has 0 bridgehead atoms. The molecule has 0 aromatic carbocycles. The largest absolute Gasteiger partial charge is 0.444 e. The number of carbonyl (C=O) groups is 2. The summed E-state index contributed by atoms with van der Waals surface area (Å²) in [6.45, 7) is 19.4. The summed E-state index contributed by atoms with van der Waals surface area (Å²) in [6.07, 6.45) is 15.3. The normalized spacial score (nSPS) is 21.9. The van der Waals surface area contributed by atoms with Crippen molar-refractivity contribution >= 4 is 35.4 Å². The topological polar surface area (TPSA) is 59.1 Å². The zero-order valence-corrected chi connectivity index (χ0v) is 28.9. The first kappa shape index (κ1) is 37.9. The maximum Gasteiger partial charge on any atom is 0.410 e. The number of allylic oxidation sites excluding steroid dienone is 2. The van der Waals surface area contributed by atoms with Crippen molar-refractivity contribution in [1.29, 1.82) is 0 Å². The van der Waals surface area contributed by atoms with Crippen LogP contribution in [0.4, 0.5) is 9.59 Å². The molecular formula is C33H60Cl2N2O4. The number of alkyl halides is 2. The van der Waals surface area contributed by atoms with E-state index < -0.39 is 5.60 Å². The van der Waals surface area contributed by atoms with Gasteiger partial charge in [-0.1, -0.05) is 45.3 Å². The van der Waals surface area contributed by atoms with Gasteiger partial charge in [0.2, 0.25) is 0 Å². The number of amides is 2. The highest BCUT2D eigenvalue weighted by Gasteiger charge is 2.43. The van der Waals surface area contributed by atoms with Gasteiger partial charge in [-0.05, 0) is 104 Å². The molecule has 0 radical (unpaired) electrons. The van der Waals surface area contributed by atoms with Crippen LogP contribution in [-0.4, -0.2) is 71.1 Å². The van der Waals surface area contributed by atoms with Crippen LogP contribution < -0.4 is 0 Å². The lowest BCUT2D eigenvalue weighted by atomic mass is 9.90. The van der Waals surface area contributed by atoms with Crippen molar-refractivity contribution < 1.29 is 19.1 Å². The number of nitrogens with zero attached hydrogens (tertiary/aromatic N) is 2. The van der Waals surface area contributed by atoms with Crippen molar-refractivity contribution in [2.24, 2.45) is 23.7 Å². The van der Waals surface area contributed by atoms with E-state index in [-0.39, 0.29) is 17.8 Å². The Bertz CT molecular complexity index is 760. The number of rotatable bonds is 7. The summed E-state index contributed by atoms with van der Waals surface area (Å²) in [4.78, 5) is 27.6. The Morgan fingerprint density at radius 1 is 0.780 bits per heavy atom. The summed E-state index contributed by atoms with van der Waals surface area (Å²) in [5.74, 6) is 4.55. The van der Waals surface area contributed by atoms with Crippen LogP contribution in [0.2, 0.25) is 0 Å². The van der Waals surface area contributed by atoms with Crippen LogP contribution in [-0.2, 0) is 9.47 Å². The van der Waals surface area contributed by atoms with E-state index in [1.54, 1.807) is 0 Å². The first-order valence-corrected chi connectivity index (χ1v) is 17.1. The van der Waals surface area contributed by atoms with Gasteiger partial charge in [0.05, 0.1) is 0 Å². The van der Waals surface area contributed by atoms with Crippen molar-refractivity contribution in [2.75, 3.05) is 37.9 Å². The molecule has 0 aromatic rings. The van der Waals surface area contributed by atoms with Crippen LogP contribution >= 0.6 is 23.2 Å². The number of likely N-dealkylation sites (tertiary alicyclic amines) is 2. The van der Waals surface area contributed by atoms with Crippen LogP contribution in [0.3, 0.4) is 0 Å². The van der Waals surface area contributed by atoms with Gasteiger partial charge in [0.1, 0.15) is 11.2 Å². The van der Waals surface area contributed by atoms with Gasteiger partial charge in [0.25, 0.3) is 0 Å². The smallest absolute Gasteiger partial charge is 0.410 e. The van der Waals surface area contributed by atoms with Gasteiger partial charge < -0.3 is 19.3 Å². The molecule has 0 N–H and O–H groups in total. The van der Waals surface area contributed by atoms with Gasteiger partial charge in [-0.25, -0.2) is 9.59 Å². The third-order valence-electron chi connectivity index (χ3n) is 7.56. The fourth-order valence-electron chi connectivity index (χ4n) is 5.44. The molecule has 41 heavy (non-hydrogen) atoms. The van der Waals surface area contributed by atoms with E-state index in [2.05, 4.69) is 26.0 Å². The molecule has 2 amide bonds. The number of piperidine rings is 2. The number of halogens is 2. The maximum absolute atomic E-state index is 12.0. The third-order valence-corrected chi connectivity index (χ3v) is 8.13. The molecule has 6 nitrogen and oxygen atoms in total. The Kier molecular flexibility index (Phi) is 17.7. The summed E-state index contributed by atoms with van der Waals surface area (Å²) >= 11 is 10.1. The van der Waals surface area contributed by atoms with E-state index in [1.807, 2.05) is 51.3 Å². The molecule has 2 saturated heterocycles. The Morgan fingerprint density at radius 3 is 1.63 bits per heavy atom. The Balaban J connectivity index is 0.000000363. The highest BCUT2D eigenvalue weighted by molar-refractivity contribution is 6.25. The highest BCUT2D eigenvalue weighted by Crippen LogP contribution is 2.50. The predicted octanol–water partition coefficient (Wildman–Crippen LogP) is 9.52. The standard InChI is InChI=1S/C16H29NO2.C15H27NO2.C2H4Cl2/c1-5-6-13-11-14(13)12-7-9-17(10-8-12)15(18)19-16(2,3)4;1-5-6-7-8-13-9-11-16(12-10-13)14(17)18-15(2,3)4;3-1-2-4/h12-14H,5-11H2,1-4H3;7-8,13H,5-6,9-12H2,1-4H3;1-2H2/b;8-7-;. The van der Waals surface area contributed by atoms with Crippen LogP contribution in [0.5, 0.6) is 0 Å². The molecule has 3 aliphatic rings. The van der Waals surface area contributed by atoms with Gasteiger partial charge in [-0.2, -0.15) is 0 Å². The van der Waals surface area contributed by atoms with Crippen molar-refractivity contribution in [3.8, 4) is 0 Å². The van der Waals surface area contributed by atoms with Crippen LogP contribution in [0, 0.1) is 23.7 Å². The molecule has 3 fully saturated rings. The van der Waals surface area contributed by atoms with Crippen LogP contribution in [0.15, 0.2) is 12.2 Å². The van der Waals surface area contributed by atoms with Crippen molar-refractivity contribution in [2.45, 2.75) is 124 Å². The minimum Gasteiger partial charge on any atom is -0.444 e. The quantitative estimate of drug-likeness (QED) is 0.210. The molecule has 2 atom stereocenters. The van der Waals surface area contributed by atoms with Gasteiger partial charge >= 0.3 is 12.2 Å². The molecule has 0 aromatic heterocycles. The molecule has 2 unspecified atom stereocenters. The van der Waals surface area contributed by atoms with Crippen molar-refractivity contribution in [1.82, 2.24) is 9.80 Å². The number of hydrogen-bond acceptors (Lipinski definition) is 4. The number of ether oxygens (including phenoxy) is 2. The van der Waals surface area contributed by atoms with Gasteiger partial charge in [0.15, 0.2) is 0 Å². The predicted molar refractivity (Wildman–Crippen MR) is 173 cm³/mol. The first-order valence-electron chi connectivity index (χ1n) is 16.0. The minimum absolute atomic E-state index is 0.133. The molecule has 1 saturated carbocycles. The van der Waals surface area contributed by atoms with Crippen LogP contribution in [0.25, 0.3) is 0 Å². The number of carbonyl (C=O) groups excluding carboxylic acids is 2. The monoisotopic (exact) mass is 618 g/mol. The number of unbranched alkanes of at least 4 members (excludes halogenated alkanes) is 1. The first-order chi connectivity index (χ1) is 19.2. The fraction of sp³-hybridized carbons (Fsp3) is 0.879. The summed E-state index contributed by atoms with van der Waals surface area (Å²) in [7, 11) is 0. The Morgan fingerprint density at radius 2 is 1.24 bits per heavy atom. The average Bonchev–Trinajstić information content (AvgIpc) is 3.67. The lowest BCUT2D eigenvalue weighted by molar-refractivity contribution is 0.0170. The average molecular weight is 620 g/mol. The second-order valence-corrected chi connectivity index (χ2v) is 14.4. The van der Waals surface area contributed by atoms with E-state index in [0.717, 1.165) is 63.2 Å². The molecular weight excluding hydrogens is 559 g/mol. The lowest BCUT2D eigenvalue weighted by Gasteiger charge is -2.33. The van der Waals surface area contributed by atoms with Crippen LogP contribution in [0.1, 0.15) is 113 Å². The maximum atomic E-state index is 12.0. The van der Waals surface area contributed by atoms with Gasteiger partial charge in [-0.15, -0.1) is 23.2 Å². The zero-order chi connectivity index (χ0) is 31.1. The third kappa shape index (κ3) is 16.9. The summed E-state index contributed by atoms with van der Waals surface area (Å²) < 4.78 is 10.8. The summed E-state index contributed by atoms with van der Waals surface area (Å²) in [5, 5.41) is 0. The second-order valence-electron chi connectivity index (χ2n) is 13.7. The molecule has 0 spiro atoms. The Labute approximate surface area is 261 Å². The highest BCUT2D eigenvalue weighted by atomic mass is 35.5. The van der Waals surface area contributed by atoms with E-state index >= 15 is 0 Å². The summed E-state index contributed by atoms with van der Waals surface area (Å²) in [5.41, 5.74) is -0.772. The van der Waals surface area contributed by atoms with E-state index in [0.29, 0.717) is 17.7 Å². The van der Waals surface area contributed by atoms with Gasteiger partial charge in [-0.3, -0.25) is 0 Å². The van der Waals surface area contributed by atoms with E-state index in [4.69, 9.17) is 32.7 Å². The lowest BCUT2D eigenvalue weighted by Crippen LogP contribution is -2.42. The molecule has 1 aliphatic carbocycles. The fourth-order valence-corrected chi connectivity index (χ4v) is 5.44. The zero-order valence-electron chi connectivity index (χ0n) is 27.4. The van der Waals surface area contributed by atoms with E-state index in [9.17, 15) is 9.59 Å². The second kappa shape index (κ2) is 19.2. The summed E-state index contributed by atoms with van der Waals surface area (Å²) in [6, 6.07) is 0. The molecule has 2 heterocycles. The molecule has 3 rings (SSSR count). The SMILES string of the molecule is CCC/C=C\C1CCN(C(=O)OC(C)(C)C)CC1.CCCC1CC1C1CCN(C(=O)OC(C)(C)C)CC1.ClCCCl. The molecule has 240 valence electrons. The minimum atomic E-state index is -0.394. The van der Waals surface area contributed by atoms with Crippen molar-refractivity contribution in [3.63, 3.8) is 0 Å². The molecule has 8 heteroatoms. The van der Waals surface area contributed by atoms with E-state index in [1.165, 1.54) is 38.5 Å². The van der Waals surface area contributed by atoms with Gasteiger partial charge in [0, 0.05) is 37.9 Å². The van der Waals surface area contributed by atoms with Crippen molar-refractivity contribution in [3.05, 3.63) is 12.2 Å². The number of hydrogen-bond donors (Lipinski definition) is 0. The molecule has 2 aliphatic heterocycles. The Hall–Kier alpha value is -1.14.